The van der Waals surface area contributed by atoms with E-state index < -0.39 is 0 Å². The molecule has 0 spiro atoms. The SMILES string of the molecule is CN=C(NCCN(C(C)C)C(C)C)NCc1cccc(C)c1. The summed E-state index contributed by atoms with van der Waals surface area (Å²) >= 11 is 0. The minimum atomic E-state index is 0.559. The zero-order chi connectivity index (χ0) is 16.5. The van der Waals surface area contributed by atoms with Crippen LogP contribution in [0.25, 0.3) is 0 Å². The summed E-state index contributed by atoms with van der Waals surface area (Å²) in [7, 11) is 1.81. The fraction of sp³-hybridized carbons (Fsp3) is 0.611. The molecule has 0 unspecified atom stereocenters. The summed E-state index contributed by atoms with van der Waals surface area (Å²) in [6.07, 6.45) is 0. The molecule has 0 heterocycles. The minimum Gasteiger partial charge on any atom is -0.355 e. The molecule has 0 fully saturated rings. The van der Waals surface area contributed by atoms with Crippen LogP contribution in [-0.4, -0.2) is 43.1 Å². The van der Waals surface area contributed by atoms with E-state index in [9.17, 15) is 0 Å². The molecule has 0 amide bonds. The van der Waals surface area contributed by atoms with Crippen molar-refractivity contribution in [1.29, 1.82) is 0 Å². The van der Waals surface area contributed by atoms with E-state index in [4.69, 9.17) is 0 Å². The van der Waals surface area contributed by atoms with Crippen LogP contribution in [0.2, 0.25) is 0 Å². The van der Waals surface area contributed by atoms with Crippen molar-refractivity contribution in [1.82, 2.24) is 15.5 Å². The van der Waals surface area contributed by atoms with Crippen LogP contribution in [-0.2, 0) is 6.54 Å². The van der Waals surface area contributed by atoms with Crippen molar-refractivity contribution in [3.8, 4) is 0 Å². The standard InChI is InChI=1S/C18H32N4/c1-14(2)22(15(3)4)11-10-20-18(19-6)21-13-17-9-7-8-16(5)12-17/h7-9,12,14-15H,10-11,13H2,1-6H3,(H2,19,20,21). The van der Waals surface area contributed by atoms with E-state index in [1.165, 1.54) is 11.1 Å². The number of nitrogens with one attached hydrogen (secondary N) is 2. The number of benzene rings is 1. The van der Waals surface area contributed by atoms with Gasteiger partial charge in [-0.05, 0) is 40.2 Å². The zero-order valence-corrected chi connectivity index (χ0v) is 15.0. The minimum absolute atomic E-state index is 0.559. The summed E-state index contributed by atoms with van der Waals surface area (Å²) in [5.41, 5.74) is 2.56. The summed E-state index contributed by atoms with van der Waals surface area (Å²) in [5.74, 6) is 0.856. The van der Waals surface area contributed by atoms with Crippen LogP contribution in [0.4, 0.5) is 0 Å². The van der Waals surface area contributed by atoms with Crippen molar-refractivity contribution in [2.75, 3.05) is 20.1 Å². The Morgan fingerprint density at radius 3 is 2.36 bits per heavy atom. The number of hydrogen-bond donors (Lipinski definition) is 2. The average Bonchev–Trinajstić information content (AvgIpc) is 2.45. The van der Waals surface area contributed by atoms with E-state index in [1.807, 2.05) is 7.05 Å². The number of rotatable bonds is 7. The highest BCUT2D eigenvalue weighted by atomic mass is 15.2. The molecule has 0 aromatic heterocycles. The third-order valence-electron chi connectivity index (χ3n) is 3.76. The molecular formula is C18H32N4. The molecule has 1 rings (SSSR count). The highest BCUT2D eigenvalue weighted by Crippen LogP contribution is 2.04. The Hall–Kier alpha value is -1.55. The third kappa shape index (κ3) is 6.48. The number of hydrogen-bond acceptors (Lipinski definition) is 2. The van der Waals surface area contributed by atoms with Gasteiger partial charge in [-0.3, -0.25) is 9.89 Å². The first-order valence-electron chi connectivity index (χ1n) is 8.19. The molecule has 0 saturated heterocycles. The molecule has 0 atom stereocenters. The second-order valence-electron chi connectivity index (χ2n) is 6.27. The van der Waals surface area contributed by atoms with Gasteiger partial charge in [-0.15, -0.1) is 0 Å². The molecule has 0 aliphatic heterocycles. The monoisotopic (exact) mass is 304 g/mol. The van der Waals surface area contributed by atoms with Gasteiger partial charge in [0.15, 0.2) is 5.96 Å². The van der Waals surface area contributed by atoms with Crippen molar-refractivity contribution in [2.24, 2.45) is 4.99 Å². The van der Waals surface area contributed by atoms with Gasteiger partial charge in [0.25, 0.3) is 0 Å². The van der Waals surface area contributed by atoms with Crippen LogP contribution in [0.3, 0.4) is 0 Å². The number of nitrogens with zero attached hydrogens (tertiary/aromatic N) is 2. The van der Waals surface area contributed by atoms with E-state index >= 15 is 0 Å². The Bertz CT molecular complexity index is 458. The maximum atomic E-state index is 4.29. The quantitative estimate of drug-likeness (QED) is 0.601. The van der Waals surface area contributed by atoms with Gasteiger partial charge in [0.2, 0.25) is 0 Å². The summed E-state index contributed by atoms with van der Waals surface area (Å²) in [4.78, 5) is 6.76. The molecule has 124 valence electrons. The predicted molar refractivity (Wildman–Crippen MR) is 96.4 cm³/mol. The number of guanidine groups is 1. The molecule has 1 aromatic carbocycles. The molecule has 0 radical (unpaired) electrons. The molecule has 0 aliphatic rings. The zero-order valence-electron chi connectivity index (χ0n) is 15.0. The fourth-order valence-corrected chi connectivity index (χ4v) is 2.64. The van der Waals surface area contributed by atoms with Crippen LogP contribution < -0.4 is 10.6 Å². The van der Waals surface area contributed by atoms with Crippen LogP contribution in [0.1, 0.15) is 38.8 Å². The molecule has 0 aliphatic carbocycles. The summed E-state index contributed by atoms with van der Waals surface area (Å²) in [5, 5.41) is 6.76. The molecule has 0 saturated carbocycles. The van der Waals surface area contributed by atoms with Crippen molar-refractivity contribution in [3.63, 3.8) is 0 Å². The van der Waals surface area contributed by atoms with Crippen LogP contribution in [0, 0.1) is 6.92 Å². The largest absolute Gasteiger partial charge is 0.355 e. The first-order valence-corrected chi connectivity index (χ1v) is 8.19. The summed E-state index contributed by atoms with van der Waals surface area (Å²) in [6, 6.07) is 9.65. The van der Waals surface area contributed by atoms with Gasteiger partial charge in [0, 0.05) is 38.8 Å². The lowest BCUT2D eigenvalue weighted by molar-refractivity contribution is 0.178. The highest BCUT2D eigenvalue weighted by Gasteiger charge is 2.12. The van der Waals surface area contributed by atoms with Crippen LogP contribution in [0.5, 0.6) is 0 Å². The first-order chi connectivity index (χ1) is 10.4. The second-order valence-corrected chi connectivity index (χ2v) is 6.27. The lowest BCUT2D eigenvalue weighted by Gasteiger charge is -2.30. The molecule has 4 heteroatoms. The van der Waals surface area contributed by atoms with Gasteiger partial charge in [0.1, 0.15) is 0 Å². The smallest absolute Gasteiger partial charge is 0.191 e. The normalized spacial score (nSPS) is 12.3. The van der Waals surface area contributed by atoms with Gasteiger partial charge in [-0.1, -0.05) is 29.8 Å². The molecule has 2 N–H and O–H groups in total. The third-order valence-corrected chi connectivity index (χ3v) is 3.76. The number of aliphatic imine (C=N–C) groups is 1. The topological polar surface area (TPSA) is 39.7 Å². The van der Waals surface area contributed by atoms with E-state index in [2.05, 4.69) is 79.4 Å². The average molecular weight is 304 g/mol. The van der Waals surface area contributed by atoms with Crippen molar-refractivity contribution in [3.05, 3.63) is 35.4 Å². The van der Waals surface area contributed by atoms with Crippen LogP contribution >= 0.6 is 0 Å². The van der Waals surface area contributed by atoms with Gasteiger partial charge < -0.3 is 10.6 Å². The molecular weight excluding hydrogens is 272 g/mol. The van der Waals surface area contributed by atoms with Gasteiger partial charge in [0.05, 0.1) is 0 Å². The fourth-order valence-electron chi connectivity index (χ4n) is 2.64. The van der Waals surface area contributed by atoms with E-state index in [0.717, 1.165) is 25.6 Å². The Kier molecular flexibility index (Phi) is 7.96. The second kappa shape index (κ2) is 9.46. The van der Waals surface area contributed by atoms with Crippen LogP contribution in [0.15, 0.2) is 29.3 Å². The summed E-state index contributed by atoms with van der Waals surface area (Å²) < 4.78 is 0. The van der Waals surface area contributed by atoms with Gasteiger partial charge >= 0.3 is 0 Å². The highest BCUT2D eigenvalue weighted by molar-refractivity contribution is 5.79. The lowest BCUT2D eigenvalue weighted by Crippen LogP contribution is -2.45. The van der Waals surface area contributed by atoms with Crippen molar-refractivity contribution in [2.45, 2.75) is 53.2 Å². The van der Waals surface area contributed by atoms with Crippen molar-refractivity contribution < 1.29 is 0 Å². The predicted octanol–water partition coefficient (Wildman–Crippen LogP) is 2.78. The Balaban J connectivity index is 2.40. The van der Waals surface area contributed by atoms with Gasteiger partial charge in [-0.25, -0.2) is 0 Å². The summed E-state index contributed by atoms with van der Waals surface area (Å²) in [6.45, 7) is 13.8. The maximum Gasteiger partial charge on any atom is 0.191 e. The van der Waals surface area contributed by atoms with E-state index in [0.29, 0.717) is 12.1 Å². The van der Waals surface area contributed by atoms with Crippen molar-refractivity contribution >= 4 is 5.96 Å². The molecule has 4 nitrogen and oxygen atoms in total. The number of aryl methyl sites for hydroxylation is 1. The molecule has 22 heavy (non-hydrogen) atoms. The maximum absolute atomic E-state index is 4.29. The van der Waals surface area contributed by atoms with E-state index in [1.54, 1.807) is 0 Å². The Morgan fingerprint density at radius 2 is 1.82 bits per heavy atom. The first kappa shape index (κ1) is 18.5. The Labute approximate surface area is 136 Å². The molecule has 1 aromatic rings. The van der Waals surface area contributed by atoms with Gasteiger partial charge in [-0.2, -0.15) is 0 Å². The molecule has 0 bridgehead atoms. The lowest BCUT2D eigenvalue weighted by atomic mass is 10.1. The van der Waals surface area contributed by atoms with E-state index in [-0.39, 0.29) is 0 Å². The Morgan fingerprint density at radius 1 is 1.14 bits per heavy atom.